The van der Waals surface area contributed by atoms with Crippen molar-refractivity contribution in [2.45, 2.75) is 19.9 Å². The Morgan fingerprint density at radius 1 is 1.21 bits per heavy atom. The van der Waals surface area contributed by atoms with E-state index < -0.39 is 0 Å². The summed E-state index contributed by atoms with van der Waals surface area (Å²) in [6.07, 6.45) is 3.59. The average molecular weight is 392 g/mol. The third-order valence-corrected chi connectivity index (χ3v) is 6.13. The molecule has 0 unspecified atom stereocenters. The van der Waals surface area contributed by atoms with Crippen LogP contribution >= 0.6 is 11.3 Å². The van der Waals surface area contributed by atoms with Crippen LogP contribution in [0.5, 0.6) is 0 Å². The third-order valence-electron chi connectivity index (χ3n) is 5.28. The van der Waals surface area contributed by atoms with Crippen molar-refractivity contribution in [1.29, 1.82) is 0 Å². The molecular formula is C21H21N5OS. The molecule has 0 amide bonds. The first-order valence-corrected chi connectivity index (χ1v) is 10.3. The fraction of sp³-hybridized carbons (Fsp3) is 0.286. The van der Waals surface area contributed by atoms with Gasteiger partial charge in [0, 0.05) is 29.2 Å². The van der Waals surface area contributed by atoms with Gasteiger partial charge in [-0.1, -0.05) is 0 Å². The number of hydrogen-bond acceptors (Lipinski definition) is 6. The van der Waals surface area contributed by atoms with Crippen LogP contribution in [-0.4, -0.2) is 46.0 Å². The van der Waals surface area contributed by atoms with E-state index in [1.807, 2.05) is 12.3 Å². The van der Waals surface area contributed by atoms with Gasteiger partial charge in [-0.15, -0.1) is 11.3 Å². The number of nitrogens with zero attached hydrogens (tertiary/aromatic N) is 4. The van der Waals surface area contributed by atoms with E-state index in [-0.39, 0.29) is 6.04 Å². The maximum Gasteiger partial charge on any atom is 0.130 e. The number of morpholine rings is 1. The van der Waals surface area contributed by atoms with E-state index >= 15 is 0 Å². The van der Waals surface area contributed by atoms with Gasteiger partial charge in [-0.2, -0.15) is 5.10 Å². The number of aryl methyl sites for hydroxylation is 1. The number of rotatable bonds is 3. The second-order valence-corrected chi connectivity index (χ2v) is 8.18. The van der Waals surface area contributed by atoms with Crippen LogP contribution in [0.25, 0.3) is 33.4 Å². The van der Waals surface area contributed by atoms with E-state index in [2.05, 4.69) is 57.5 Å². The summed E-state index contributed by atoms with van der Waals surface area (Å²) in [5.74, 6) is 0.970. The highest BCUT2D eigenvalue weighted by Gasteiger charge is 2.23. The highest BCUT2D eigenvalue weighted by Crippen LogP contribution is 2.38. The van der Waals surface area contributed by atoms with Crippen LogP contribution in [0.2, 0.25) is 0 Å². The van der Waals surface area contributed by atoms with E-state index in [9.17, 15) is 0 Å². The van der Waals surface area contributed by atoms with Gasteiger partial charge >= 0.3 is 0 Å². The normalized spacial score (nSPS) is 17.4. The maximum absolute atomic E-state index is 5.63. The van der Waals surface area contributed by atoms with Gasteiger partial charge < -0.3 is 9.64 Å². The minimum atomic E-state index is 0.280. The van der Waals surface area contributed by atoms with Crippen LogP contribution in [0.4, 0.5) is 5.82 Å². The van der Waals surface area contributed by atoms with Gasteiger partial charge in [0.2, 0.25) is 0 Å². The zero-order chi connectivity index (χ0) is 19.1. The Morgan fingerprint density at radius 3 is 2.89 bits per heavy atom. The van der Waals surface area contributed by atoms with E-state index in [0.717, 1.165) is 41.3 Å². The molecule has 1 aliphatic rings. The van der Waals surface area contributed by atoms with Crippen molar-refractivity contribution in [2.75, 3.05) is 24.7 Å². The standard InChI is InChI=1S/C21H21N5OS/c1-13-12-27-9-8-26(13)19-11-17(15-5-10-28-14(15)2)16-3-6-22-21(20(16)24-19)18-4-7-23-25-18/h3-7,10-11,13H,8-9,12H2,1-2H3,(H,23,25)/t13-/m1/s1. The van der Waals surface area contributed by atoms with Crippen LogP contribution in [0, 0.1) is 6.92 Å². The molecule has 1 fully saturated rings. The monoisotopic (exact) mass is 391 g/mol. The first-order valence-electron chi connectivity index (χ1n) is 9.41. The molecule has 7 heteroatoms. The highest BCUT2D eigenvalue weighted by molar-refractivity contribution is 7.10. The lowest BCUT2D eigenvalue weighted by Crippen LogP contribution is -2.44. The van der Waals surface area contributed by atoms with Gasteiger partial charge in [0.25, 0.3) is 0 Å². The first kappa shape index (κ1) is 17.3. The number of thiophene rings is 1. The Balaban J connectivity index is 1.79. The predicted molar refractivity (Wildman–Crippen MR) is 113 cm³/mol. The lowest BCUT2D eigenvalue weighted by atomic mass is 10.0. The average Bonchev–Trinajstić information content (AvgIpc) is 3.39. The molecule has 0 aliphatic carbocycles. The predicted octanol–water partition coefficient (Wildman–Crippen LogP) is 4.28. The molecule has 4 aromatic heterocycles. The van der Waals surface area contributed by atoms with Gasteiger partial charge in [0.15, 0.2) is 0 Å². The maximum atomic E-state index is 5.63. The lowest BCUT2D eigenvalue weighted by Gasteiger charge is -2.34. The van der Waals surface area contributed by atoms with Gasteiger partial charge in [-0.3, -0.25) is 10.1 Å². The number of aromatic nitrogens is 4. The van der Waals surface area contributed by atoms with Crippen LogP contribution in [0.15, 0.2) is 42.0 Å². The number of H-pyrrole nitrogens is 1. The summed E-state index contributed by atoms with van der Waals surface area (Å²) < 4.78 is 5.63. The fourth-order valence-corrected chi connectivity index (χ4v) is 4.54. The summed E-state index contributed by atoms with van der Waals surface area (Å²) in [5.41, 5.74) is 5.04. The molecule has 0 radical (unpaired) electrons. The molecule has 1 aliphatic heterocycles. The van der Waals surface area contributed by atoms with Crippen LogP contribution < -0.4 is 4.90 Å². The van der Waals surface area contributed by atoms with Crippen molar-refractivity contribution < 1.29 is 4.74 Å². The van der Waals surface area contributed by atoms with Crippen molar-refractivity contribution in [2.24, 2.45) is 0 Å². The molecule has 1 saturated heterocycles. The number of hydrogen-bond donors (Lipinski definition) is 1. The summed E-state index contributed by atoms with van der Waals surface area (Å²) in [4.78, 5) is 13.3. The number of fused-ring (bicyclic) bond motifs is 1. The summed E-state index contributed by atoms with van der Waals surface area (Å²) in [7, 11) is 0. The Morgan fingerprint density at radius 2 is 2.14 bits per heavy atom. The zero-order valence-electron chi connectivity index (χ0n) is 15.8. The number of anilines is 1. The number of pyridine rings is 2. The Kier molecular flexibility index (Phi) is 4.33. The molecule has 5 heterocycles. The van der Waals surface area contributed by atoms with Gasteiger partial charge in [0.1, 0.15) is 17.0 Å². The molecule has 0 spiro atoms. The second kappa shape index (κ2) is 7.00. The van der Waals surface area contributed by atoms with E-state index in [0.29, 0.717) is 6.61 Å². The molecule has 0 saturated carbocycles. The second-order valence-electron chi connectivity index (χ2n) is 7.06. The van der Waals surface area contributed by atoms with Crippen LogP contribution in [0.1, 0.15) is 11.8 Å². The summed E-state index contributed by atoms with van der Waals surface area (Å²) in [5, 5.41) is 10.4. The quantitative estimate of drug-likeness (QED) is 0.565. The fourth-order valence-electron chi connectivity index (χ4n) is 3.82. The minimum Gasteiger partial charge on any atom is -0.377 e. The van der Waals surface area contributed by atoms with Crippen molar-refractivity contribution in [1.82, 2.24) is 20.2 Å². The first-order chi connectivity index (χ1) is 13.7. The van der Waals surface area contributed by atoms with E-state index in [4.69, 9.17) is 9.72 Å². The molecule has 5 rings (SSSR count). The zero-order valence-corrected chi connectivity index (χ0v) is 16.7. The smallest absolute Gasteiger partial charge is 0.130 e. The number of aromatic amines is 1. The Bertz CT molecular complexity index is 1120. The molecule has 0 aromatic carbocycles. The molecule has 142 valence electrons. The Hall–Kier alpha value is -2.77. The SMILES string of the molecule is Cc1sccc1-c1cc(N2CCOC[C@H]2C)nc2c(-c3ccn[nH]3)nccc12. The van der Waals surface area contributed by atoms with E-state index in [1.54, 1.807) is 17.5 Å². The molecule has 1 N–H and O–H groups in total. The number of nitrogens with one attached hydrogen (secondary N) is 1. The van der Waals surface area contributed by atoms with Crippen molar-refractivity contribution in [3.05, 3.63) is 46.9 Å². The molecule has 6 nitrogen and oxygen atoms in total. The van der Waals surface area contributed by atoms with E-state index in [1.165, 1.54) is 16.0 Å². The molecular weight excluding hydrogens is 370 g/mol. The topological polar surface area (TPSA) is 66.9 Å². The molecule has 4 aromatic rings. The largest absolute Gasteiger partial charge is 0.377 e. The van der Waals surface area contributed by atoms with Gasteiger partial charge in [-0.05, 0) is 54.6 Å². The summed E-state index contributed by atoms with van der Waals surface area (Å²) in [6, 6.07) is 8.68. The molecule has 1 atom stereocenters. The number of ether oxygens (including phenoxy) is 1. The van der Waals surface area contributed by atoms with Crippen molar-refractivity contribution in [3.63, 3.8) is 0 Å². The van der Waals surface area contributed by atoms with Crippen molar-refractivity contribution >= 4 is 28.1 Å². The van der Waals surface area contributed by atoms with Gasteiger partial charge in [-0.25, -0.2) is 4.98 Å². The summed E-state index contributed by atoms with van der Waals surface area (Å²) >= 11 is 1.77. The highest BCUT2D eigenvalue weighted by atomic mass is 32.1. The molecule has 0 bridgehead atoms. The Labute approximate surface area is 167 Å². The lowest BCUT2D eigenvalue weighted by molar-refractivity contribution is 0.0986. The van der Waals surface area contributed by atoms with Crippen LogP contribution in [0.3, 0.4) is 0 Å². The minimum absolute atomic E-state index is 0.280. The third kappa shape index (κ3) is 2.87. The van der Waals surface area contributed by atoms with Gasteiger partial charge in [0.05, 0.1) is 24.9 Å². The molecule has 28 heavy (non-hydrogen) atoms. The van der Waals surface area contributed by atoms with Crippen LogP contribution in [-0.2, 0) is 4.74 Å². The summed E-state index contributed by atoms with van der Waals surface area (Å²) in [6.45, 7) is 6.62. The van der Waals surface area contributed by atoms with Crippen molar-refractivity contribution in [3.8, 4) is 22.5 Å².